The number of nitrogens with zero attached hydrogens (tertiary/aromatic N) is 6. The van der Waals surface area contributed by atoms with Crippen molar-refractivity contribution in [3.63, 3.8) is 0 Å². The van der Waals surface area contributed by atoms with E-state index >= 15 is 0 Å². The van der Waals surface area contributed by atoms with Gasteiger partial charge in [-0.15, -0.1) is 5.10 Å². The van der Waals surface area contributed by atoms with Crippen LogP contribution in [0.3, 0.4) is 0 Å². The van der Waals surface area contributed by atoms with Gasteiger partial charge in [-0.05, 0) is 46.5 Å². The van der Waals surface area contributed by atoms with Gasteiger partial charge in [0.15, 0.2) is 0 Å². The number of halogens is 1. The van der Waals surface area contributed by atoms with Crippen molar-refractivity contribution in [2.75, 3.05) is 0 Å². The summed E-state index contributed by atoms with van der Waals surface area (Å²) in [5, 5.41) is 13.5. The Morgan fingerprint density at radius 1 is 0.957 bits per heavy atom. The van der Waals surface area contributed by atoms with Gasteiger partial charge in [0.25, 0.3) is 0 Å². The zero-order chi connectivity index (χ0) is 15.6. The molecule has 4 aromatic rings. The predicted octanol–water partition coefficient (Wildman–Crippen LogP) is 2.90. The SMILES string of the molecule is Fc1cccc2c(Sc3nnnn3-c3ccccc3)ncnc12. The normalized spacial score (nSPS) is 11.0. The van der Waals surface area contributed by atoms with Gasteiger partial charge < -0.3 is 0 Å². The van der Waals surface area contributed by atoms with Crippen LogP contribution in [0.15, 0.2) is 65.0 Å². The van der Waals surface area contributed by atoms with E-state index in [1.807, 2.05) is 30.3 Å². The van der Waals surface area contributed by atoms with Crippen molar-refractivity contribution in [2.45, 2.75) is 10.2 Å². The Bertz CT molecular complexity index is 972. The van der Waals surface area contributed by atoms with Gasteiger partial charge in [0.05, 0.1) is 5.69 Å². The van der Waals surface area contributed by atoms with E-state index < -0.39 is 0 Å². The van der Waals surface area contributed by atoms with Crippen LogP contribution in [-0.2, 0) is 0 Å². The van der Waals surface area contributed by atoms with Crippen molar-refractivity contribution >= 4 is 22.7 Å². The van der Waals surface area contributed by atoms with Crippen molar-refractivity contribution in [1.82, 2.24) is 30.2 Å². The van der Waals surface area contributed by atoms with E-state index in [0.29, 0.717) is 15.6 Å². The van der Waals surface area contributed by atoms with Crippen LogP contribution in [0.25, 0.3) is 16.6 Å². The molecule has 0 aliphatic heterocycles. The molecule has 4 rings (SSSR count). The fraction of sp³-hybridized carbons (Fsp3) is 0. The van der Waals surface area contributed by atoms with Crippen LogP contribution in [0.1, 0.15) is 0 Å². The van der Waals surface area contributed by atoms with Gasteiger partial charge in [-0.2, -0.15) is 4.68 Å². The average molecular weight is 324 g/mol. The molecule has 0 amide bonds. The first-order valence-electron chi connectivity index (χ1n) is 6.74. The summed E-state index contributed by atoms with van der Waals surface area (Å²) in [4.78, 5) is 8.23. The molecule has 0 fully saturated rings. The Morgan fingerprint density at radius 3 is 2.70 bits per heavy atom. The standard InChI is InChI=1S/C15H9FN6S/c16-12-8-4-7-11-13(12)17-9-18-14(11)23-15-19-20-21-22(15)10-5-2-1-3-6-10/h1-9H. The third-order valence-corrected chi connectivity index (χ3v) is 4.16. The minimum Gasteiger partial charge on any atom is -0.233 e. The van der Waals surface area contributed by atoms with Crippen LogP contribution in [0.4, 0.5) is 4.39 Å². The van der Waals surface area contributed by atoms with Gasteiger partial charge in [0, 0.05) is 5.39 Å². The summed E-state index contributed by atoms with van der Waals surface area (Å²) < 4.78 is 15.5. The van der Waals surface area contributed by atoms with Gasteiger partial charge >= 0.3 is 0 Å². The number of rotatable bonds is 3. The Morgan fingerprint density at radius 2 is 1.83 bits per heavy atom. The lowest BCUT2D eigenvalue weighted by atomic mass is 10.2. The first-order chi connectivity index (χ1) is 11.3. The lowest BCUT2D eigenvalue weighted by molar-refractivity contribution is 0.636. The molecular weight excluding hydrogens is 315 g/mol. The highest BCUT2D eigenvalue weighted by Crippen LogP contribution is 2.30. The second-order valence-electron chi connectivity index (χ2n) is 4.63. The van der Waals surface area contributed by atoms with Crippen molar-refractivity contribution in [3.05, 3.63) is 60.7 Å². The maximum Gasteiger partial charge on any atom is 0.220 e. The second-order valence-corrected chi connectivity index (χ2v) is 5.58. The molecule has 0 bridgehead atoms. The summed E-state index contributed by atoms with van der Waals surface area (Å²) in [6.07, 6.45) is 1.34. The number of para-hydroxylation sites is 2. The molecule has 2 aromatic carbocycles. The van der Waals surface area contributed by atoms with Gasteiger partial charge in [-0.25, -0.2) is 14.4 Å². The van der Waals surface area contributed by atoms with Gasteiger partial charge in [-0.3, -0.25) is 0 Å². The van der Waals surface area contributed by atoms with Gasteiger partial charge in [0.2, 0.25) is 5.16 Å². The molecule has 2 aromatic heterocycles. The topological polar surface area (TPSA) is 69.4 Å². The van der Waals surface area contributed by atoms with Crippen LogP contribution >= 0.6 is 11.8 Å². The Balaban J connectivity index is 1.79. The highest BCUT2D eigenvalue weighted by atomic mass is 32.2. The van der Waals surface area contributed by atoms with Crippen molar-refractivity contribution in [3.8, 4) is 5.69 Å². The van der Waals surface area contributed by atoms with E-state index in [1.165, 1.54) is 24.2 Å². The lowest BCUT2D eigenvalue weighted by Crippen LogP contribution is -1.99. The Hall–Kier alpha value is -2.87. The van der Waals surface area contributed by atoms with E-state index in [4.69, 9.17) is 0 Å². The number of aromatic nitrogens is 6. The number of fused-ring (bicyclic) bond motifs is 1. The van der Waals surface area contributed by atoms with Crippen LogP contribution in [-0.4, -0.2) is 30.2 Å². The maximum atomic E-state index is 13.8. The summed E-state index contributed by atoms with van der Waals surface area (Å²) in [5.41, 5.74) is 1.12. The zero-order valence-electron chi connectivity index (χ0n) is 11.7. The Kier molecular flexibility index (Phi) is 3.43. The number of hydrogen-bond donors (Lipinski definition) is 0. The fourth-order valence-corrected chi connectivity index (χ4v) is 3.02. The quantitative estimate of drug-likeness (QED) is 0.540. The van der Waals surface area contributed by atoms with Crippen molar-refractivity contribution < 1.29 is 4.39 Å². The van der Waals surface area contributed by atoms with Crippen molar-refractivity contribution in [2.24, 2.45) is 0 Å². The van der Waals surface area contributed by atoms with E-state index in [0.717, 1.165) is 5.69 Å². The highest BCUT2D eigenvalue weighted by molar-refractivity contribution is 7.99. The van der Waals surface area contributed by atoms with Crippen molar-refractivity contribution in [1.29, 1.82) is 0 Å². The minimum absolute atomic E-state index is 0.281. The molecule has 2 heterocycles. The number of tetrazole rings is 1. The molecule has 0 aliphatic rings. The molecule has 0 radical (unpaired) electrons. The first kappa shape index (κ1) is 13.8. The van der Waals surface area contributed by atoms with Gasteiger partial charge in [0.1, 0.15) is 22.7 Å². The Labute approximate surface area is 134 Å². The predicted molar refractivity (Wildman–Crippen MR) is 82.8 cm³/mol. The summed E-state index contributed by atoms with van der Waals surface area (Å²) in [7, 11) is 0. The van der Waals surface area contributed by atoms with E-state index in [9.17, 15) is 4.39 Å². The molecule has 8 heteroatoms. The van der Waals surface area contributed by atoms with Crippen LogP contribution in [0.2, 0.25) is 0 Å². The molecule has 0 atom stereocenters. The molecule has 0 N–H and O–H groups in total. The van der Waals surface area contributed by atoms with Crippen LogP contribution in [0.5, 0.6) is 0 Å². The summed E-state index contributed by atoms with van der Waals surface area (Å²) in [6, 6.07) is 14.3. The summed E-state index contributed by atoms with van der Waals surface area (Å²) in [5.74, 6) is -0.380. The largest absolute Gasteiger partial charge is 0.233 e. The van der Waals surface area contributed by atoms with Crippen LogP contribution in [0, 0.1) is 5.82 Å². The third-order valence-electron chi connectivity index (χ3n) is 3.21. The zero-order valence-corrected chi connectivity index (χ0v) is 12.5. The molecule has 112 valence electrons. The van der Waals surface area contributed by atoms with E-state index in [2.05, 4.69) is 25.5 Å². The van der Waals surface area contributed by atoms with E-state index in [-0.39, 0.29) is 11.3 Å². The number of benzene rings is 2. The average Bonchev–Trinajstić information content (AvgIpc) is 3.05. The second kappa shape index (κ2) is 5.73. The smallest absolute Gasteiger partial charge is 0.220 e. The molecule has 0 aliphatic carbocycles. The van der Waals surface area contributed by atoms with E-state index in [1.54, 1.807) is 16.8 Å². The van der Waals surface area contributed by atoms with Gasteiger partial charge in [-0.1, -0.05) is 24.3 Å². The molecule has 6 nitrogen and oxygen atoms in total. The highest BCUT2D eigenvalue weighted by Gasteiger charge is 2.14. The third kappa shape index (κ3) is 2.53. The maximum absolute atomic E-state index is 13.8. The summed E-state index contributed by atoms with van der Waals surface area (Å²) >= 11 is 1.26. The fourth-order valence-electron chi connectivity index (χ4n) is 2.17. The number of hydrogen-bond acceptors (Lipinski definition) is 6. The monoisotopic (exact) mass is 324 g/mol. The molecule has 23 heavy (non-hydrogen) atoms. The lowest BCUT2D eigenvalue weighted by Gasteiger charge is -2.05. The molecule has 0 saturated carbocycles. The van der Waals surface area contributed by atoms with Crippen LogP contribution < -0.4 is 0 Å². The molecular formula is C15H9FN6S. The minimum atomic E-state index is -0.380. The molecule has 0 saturated heterocycles. The molecule has 0 unspecified atom stereocenters. The molecule has 0 spiro atoms. The summed E-state index contributed by atoms with van der Waals surface area (Å²) in [6.45, 7) is 0. The first-order valence-corrected chi connectivity index (χ1v) is 7.55.